The molecule has 6 nitrogen and oxygen atoms in total. The molecule has 0 radical (unpaired) electrons. The first-order chi connectivity index (χ1) is 14.5. The van der Waals surface area contributed by atoms with Gasteiger partial charge in [-0.15, -0.1) is 0 Å². The average molecular weight is 444 g/mol. The van der Waals surface area contributed by atoms with E-state index in [1.165, 1.54) is 18.4 Å². The molecule has 1 aromatic carbocycles. The third-order valence-electron chi connectivity index (χ3n) is 4.97. The van der Waals surface area contributed by atoms with Crippen LogP contribution in [-0.2, 0) is 4.79 Å². The van der Waals surface area contributed by atoms with Crippen LogP contribution in [0.3, 0.4) is 0 Å². The minimum atomic E-state index is -0.399. The number of piperidine rings is 1. The highest BCUT2D eigenvalue weighted by molar-refractivity contribution is 7.08. The van der Waals surface area contributed by atoms with Crippen LogP contribution >= 0.6 is 22.9 Å². The van der Waals surface area contributed by atoms with Crippen LogP contribution in [0.1, 0.15) is 28.8 Å². The highest BCUT2D eigenvalue weighted by atomic mass is 35.5. The lowest BCUT2D eigenvalue weighted by Gasteiger charge is -2.33. The number of nitrogens with zero attached hydrogens (tertiary/aromatic N) is 2. The molecule has 0 spiro atoms. The van der Waals surface area contributed by atoms with Crippen molar-refractivity contribution < 1.29 is 14.3 Å². The van der Waals surface area contributed by atoms with Gasteiger partial charge in [-0.3, -0.25) is 9.59 Å². The Morgan fingerprint density at radius 2 is 2.27 bits per heavy atom. The lowest BCUT2D eigenvalue weighted by Crippen LogP contribution is -2.44. The van der Waals surface area contributed by atoms with Gasteiger partial charge in [-0.2, -0.15) is 16.6 Å². The number of nitriles is 1. The minimum absolute atomic E-state index is 0.0702. The maximum absolute atomic E-state index is 13.0. The molecule has 1 aliphatic rings. The highest BCUT2D eigenvalue weighted by Gasteiger charge is 2.27. The van der Waals surface area contributed by atoms with Gasteiger partial charge in [0.05, 0.1) is 12.7 Å². The molecule has 1 aromatic heterocycles. The molecule has 2 aromatic rings. The first-order valence-electron chi connectivity index (χ1n) is 9.57. The van der Waals surface area contributed by atoms with Crippen molar-refractivity contribution in [2.45, 2.75) is 12.8 Å². The van der Waals surface area contributed by atoms with Gasteiger partial charge in [0, 0.05) is 24.7 Å². The quantitative estimate of drug-likeness (QED) is 0.540. The summed E-state index contributed by atoms with van der Waals surface area (Å²) in [6.07, 6.45) is 3.31. The highest BCUT2D eigenvalue weighted by Crippen LogP contribution is 2.26. The monoisotopic (exact) mass is 443 g/mol. The maximum Gasteiger partial charge on any atom is 0.261 e. The van der Waals surface area contributed by atoms with Gasteiger partial charge in [0.25, 0.3) is 11.8 Å². The number of benzene rings is 1. The van der Waals surface area contributed by atoms with Crippen LogP contribution in [0.5, 0.6) is 5.75 Å². The summed E-state index contributed by atoms with van der Waals surface area (Å²) in [5.74, 6) is 0.0547. The van der Waals surface area contributed by atoms with Crippen LogP contribution in [0.2, 0.25) is 5.02 Å². The van der Waals surface area contributed by atoms with E-state index in [4.69, 9.17) is 16.3 Å². The number of hydrogen-bond acceptors (Lipinski definition) is 5. The van der Waals surface area contributed by atoms with Crippen molar-refractivity contribution in [1.82, 2.24) is 10.2 Å². The molecule has 2 amide bonds. The van der Waals surface area contributed by atoms with Gasteiger partial charge >= 0.3 is 0 Å². The van der Waals surface area contributed by atoms with Gasteiger partial charge in [0.2, 0.25) is 0 Å². The Balaban J connectivity index is 1.61. The fourth-order valence-electron chi connectivity index (χ4n) is 3.44. The van der Waals surface area contributed by atoms with E-state index in [0.29, 0.717) is 36.0 Å². The third-order valence-corrected chi connectivity index (χ3v) is 5.91. The lowest BCUT2D eigenvalue weighted by atomic mass is 9.97. The Bertz CT molecular complexity index is 982. The zero-order valence-corrected chi connectivity index (χ0v) is 18.1. The molecular formula is C22H22ClN3O3S. The largest absolute Gasteiger partial charge is 0.496 e. The van der Waals surface area contributed by atoms with E-state index in [2.05, 4.69) is 5.32 Å². The summed E-state index contributed by atoms with van der Waals surface area (Å²) >= 11 is 7.56. The maximum atomic E-state index is 13.0. The van der Waals surface area contributed by atoms with Crippen molar-refractivity contribution in [3.63, 3.8) is 0 Å². The van der Waals surface area contributed by atoms with E-state index in [1.807, 2.05) is 22.9 Å². The van der Waals surface area contributed by atoms with Crippen molar-refractivity contribution in [3.05, 3.63) is 56.7 Å². The van der Waals surface area contributed by atoms with Gasteiger partial charge < -0.3 is 15.0 Å². The molecular weight excluding hydrogens is 422 g/mol. The zero-order valence-electron chi connectivity index (χ0n) is 16.6. The molecule has 30 heavy (non-hydrogen) atoms. The fraction of sp³-hybridized carbons (Fsp3) is 0.318. The smallest absolute Gasteiger partial charge is 0.261 e. The molecule has 1 unspecified atom stereocenters. The van der Waals surface area contributed by atoms with E-state index in [9.17, 15) is 14.9 Å². The number of amides is 2. The van der Waals surface area contributed by atoms with Crippen LogP contribution in [0, 0.1) is 17.2 Å². The SMILES string of the molecule is COc1ccc(Cl)cc1C(=O)N1CCCC(CNC(=O)/C(C#N)=C/c2ccsc2)C1. The molecule has 0 aliphatic carbocycles. The van der Waals surface area contributed by atoms with Gasteiger partial charge in [0.15, 0.2) is 0 Å². The molecule has 1 fully saturated rings. The summed E-state index contributed by atoms with van der Waals surface area (Å²) in [4.78, 5) is 27.2. The standard InChI is InChI=1S/C22H22ClN3O3S/c1-29-20-5-4-18(23)10-19(20)22(28)26-7-2-3-16(13-26)12-25-21(27)17(11-24)9-15-6-8-30-14-15/h4-6,8-10,14,16H,2-3,7,12-13H2,1H3,(H,25,27)/b17-9+. The molecule has 0 bridgehead atoms. The van der Waals surface area contributed by atoms with Crippen molar-refractivity contribution in [2.75, 3.05) is 26.7 Å². The molecule has 1 aliphatic heterocycles. The van der Waals surface area contributed by atoms with Gasteiger partial charge in [-0.25, -0.2) is 0 Å². The number of rotatable bonds is 6. The van der Waals surface area contributed by atoms with Crippen LogP contribution in [0.25, 0.3) is 6.08 Å². The summed E-state index contributed by atoms with van der Waals surface area (Å²) in [5.41, 5.74) is 1.33. The number of methoxy groups -OCH3 is 1. The van der Waals surface area contributed by atoms with Crippen LogP contribution in [0.15, 0.2) is 40.6 Å². The van der Waals surface area contributed by atoms with Crippen LogP contribution < -0.4 is 10.1 Å². The van der Waals surface area contributed by atoms with Crippen molar-refractivity contribution in [1.29, 1.82) is 5.26 Å². The van der Waals surface area contributed by atoms with Crippen molar-refractivity contribution >= 4 is 40.8 Å². The van der Waals surface area contributed by atoms with Crippen LogP contribution in [-0.4, -0.2) is 43.5 Å². The number of ether oxygens (including phenoxy) is 1. The van der Waals surface area contributed by atoms with E-state index in [-0.39, 0.29) is 17.4 Å². The zero-order chi connectivity index (χ0) is 21.5. The molecule has 0 saturated carbocycles. The van der Waals surface area contributed by atoms with E-state index >= 15 is 0 Å². The molecule has 156 valence electrons. The number of halogens is 1. The second kappa shape index (κ2) is 10.3. The number of nitrogens with one attached hydrogen (secondary N) is 1. The fourth-order valence-corrected chi connectivity index (χ4v) is 4.23. The summed E-state index contributed by atoms with van der Waals surface area (Å²) in [6, 6.07) is 8.79. The van der Waals surface area contributed by atoms with Crippen molar-refractivity contribution in [2.24, 2.45) is 5.92 Å². The van der Waals surface area contributed by atoms with E-state index in [1.54, 1.807) is 29.2 Å². The molecule has 8 heteroatoms. The number of thiophene rings is 1. The number of likely N-dealkylation sites (tertiary alicyclic amines) is 1. The summed E-state index contributed by atoms with van der Waals surface area (Å²) in [6.45, 7) is 1.56. The number of carbonyl (C=O) groups is 2. The predicted octanol–water partition coefficient (Wildman–Crippen LogP) is 3.99. The molecule has 1 saturated heterocycles. The number of hydrogen-bond donors (Lipinski definition) is 1. The van der Waals surface area contributed by atoms with Gasteiger partial charge in [0.1, 0.15) is 17.4 Å². The lowest BCUT2D eigenvalue weighted by molar-refractivity contribution is -0.117. The van der Waals surface area contributed by atoms with E-state index < -0.39 is 5.91 Å². The molecule has 3 rings (SSSR count). The average Bonchev–Trinajstić information content (AvgIpc) is 3.28. The van der Waals surface area contributed by atoms with Crippen molar-refractivity contribution in [3.8, 4) is 11.8 Å². The van der Waals surface area contributed by atoms with E-state index in [0.717, 1.165) is 18.4 Å². The Kier molecular flexibility index (Phi) is 7.50. The number of carbonyl (C=O) groups excluding carboxylic acids is 2. The predicted molar refractivity (Wildman–Crippen MR) is 118 cm³/mol. The second-order valence-electron chi connectivity index (χ2n) is 7.04. The van der Waals surface area contributed by atoms with Gasteiger partial charge in [-0.05, 0) is 65.4 Å². The Morgan fingerprint density at radius 1 is 1.43 bits per heavy atom. The summed E-state index contributed by atoms with van der Waals surface area (Å²) in [5, 5.41) is 16.4. The Morgan fingerprint density at radius 3 is 2.97 bits per heavy atom. The minimum Gasteiger partial charge on any atom is -0.496 e. The Hall–Kier alpha value is -2.82. The molecule has 2 heterocycles. The second-order valence-corrected chi connectivity index (χ2v) is 8.26. The molecule has 1 N–H and O–H groups in total. The van der Waals surface area contributed by atoms with Gasteiger partial charge in [-0.1, -0.05) is 11.6 Å². The van der Waals surface area contributed by atoms with Crippen LogP contribution in [0.4, 0.5) is 0 Å². The topological polar surface area (TPSA) is 82.4 Å². The third kappa shape index (κ3) is 5.41. The first-order valence-corrected chi connectivity index (χ1v) is 10.9. The summed E-state index contributed by atoms with van der Waals surface area (Å²) < 4.78 is 5.30. The first kappa shape index (κ1) is 21.9. The Labute approximate surface area is 184 Å². The summed E-state index contributed by atoms with van der Waals surface area (Å²) in [7, 11) is 1.52. The molecule has 1 atom stereocenters. The normalized spacial score (nSPS) is 16.6.